The van der Waals surface area contributed by atoms with E-state index in [1.165, 1.54) is 0 Å². The van der Waals surface area contributed by atoms with Crippen molar-refractivity contribution in [3.63, 3.8) is 0 Å². The van der Waals surface area contributed by atoms with Gasteiger partial charge in [-0.15, -0.1) is 0 Å². The van der Waals surface area contributed by atoms with Gasteiger partial charge in [0, 0.05) is 25.0 Å². The van der Waals surface area contributed by atoms with Crippen molar-refractivity contribution < 1.29 is 19.8 Å². The molecule has 0 radical (unpaired) electrons. The van der Waals surface area contributed by atoms with Gasteiger partial charge in [0.2, 0.25) is 0 Å². The molecule has 0 aromatic carbocycles. The van der Waals surface area contributed by atoms with Crippen LogP contribution in [-0.4, -0.2) is 52.3 Å². The molecule has 1 aliphatic heterocycles. The van der Waals surface area contributed by atoms with Gasteiger partial charge in [-0.2, -0.15) is 0 Å². The first kappa shape index (κ1) is 14.6. The summed E-state index contributed by atoms with van der Waals surface area (Å²) < 4.78 is 0. The van der Waals surface area contributed by atoms with Crippen molar-refractivity contribution in [3.8, 4) is 0 Å². The molecular weight excluding hydrogens is 272 g/mol. The quantitative estimate of drug-likeness (QED) is 0.722. The topological polar surface area (TPSA) is 89.9 Å². The van der Waals surface area contributed by atoms with Crippen LogP contribution in [0.1, 0.15) is 32.6 Å². The summed E-state index contributed by atoms with van der Waals surface area (Å²) in [5, 5.41) is 22.0. The number of hydrogen-bond acceptors (Lipinski definition) is 3. The summed E-state index contributed by atoms with van der Waals surface area (Å²) >= 11 is 0. The predicted octanol–water partition coefficient (Wildman–Crippen LogP) is 0.898. The van der Waals surface area contributed by atoms with E-state index in [4.69, 9.17) is 0 Å². The van der Waals surface area contributed by atoms with Crippen LogP contribution in [0.2, 0.25) is 0 Å². The third kappa shape index (κ3) is 2.61. The van der Waals surface area contributed by atoms with E-state index in [1.807, 2.05) is 0 Å². The van der Waals surface area contributed by atoms with Gasteiger partial charge in [-0.3, -0.25) is 4.79 Å². The number of amides is 2. The Morgan fingerprint density at radius 2 is 1.95 bits per heavy atom. The summed E-state index contributed by atoms with van der Waals surface area (Å²) in [6.45, 7) is 2.95. The number of urea groups is 1. The molecule has 6 atom stereocenters. The number of carbonyl (C=O) groups is 2. The molecule has 0 aromatic heterocycles. The molecule has 2 aliphatic carbocycles. The van der Waals surface area contributed by atoms with Crippen LogP contribution in [0.4, 0.5) is 4.79 Å². The van der Waals surface area contributed by atoms with E-state index in [0.29, 0.717) is 19.0 Å². The molecule has 2 amide bonds. The third-order valence-electron chi connectivity index (χ3n) is 5.69. The lowest BCUT2D eigenvalue weighted by Crippen LogP contribution is -2.51. The molecule has 1 saturated heterocycles. The van der Waals surface area contributed by atoms with Crippen LogP contribution in [0.25, 0.3) is 0 Å². The highest BCUT2D eigenvalue weighted by Gasteiger charge is 2.52. The van der Waals surface area contributed by atoms with Crippen LogP contribution in [0, 0.1) is 23.7 Å². The number of nitrogens with zero attached hydrogens (tertiary/aromatic N) is 1. The lowest BCUT2D eigenvalue weighted by Gasteiger charge is -2.30. The predicted molar refractivity (Wildman–Crippen MR) is 75.6 cm³/mol. The number of likely N-dealkylation sites (tertiary alicyclic amines) is 1. The van der Waals surface area contributed by atoms with E-state index < -0.39 is 18.0 Å². The summed E-state index contributed by atoms with van der Waals surface area (Å²) in [6.07, 6.45) is 3.33. The molecule has 2 saturated carbocycles. The van der Waals surface area contributed by atoms with Gasteiger partial charge in [0.05, 0.1) is 12.0 Å². The fourth-order valence-electron chi connectivity index (χ4n) is 4.45. The lowest BCUT2D eigenvalue weighted by atomic mass is 9.84. The molecule has 3 rings (SSSR count). The summed E-state index contributed by atoms with van der Waals surface area (Å²) in [7, 11) is 0. The summed E-state index contributed by atoms with van der Waals surface area (Å²) in [6, 6.07) is -0.388. The number of carboxylic acids is 1. The van der Waals surface area contributed by atoms with E-state index in [2.05, 4.69) is 5.32 Å². The number of fused-ring (bicyclic) bond motifs is 2. The Labute approximate surface area is 124 Å². The maximum absolute atomic E-state index is 12.4. The Morgan fingerprint density at radius 1 is 1.24 bits per heavy atom. The molecule has 6 heteroatoms. The average molecular weight is 296 g/mol. The highest BCUT2D eigenvalue weighted by Crippen LogP contribution is 2.48. The fraction of sp³-hybridized carbons (Fsp3) is 0.867. The van der Waals surface area contributed by atoms with Crippen molar-refractivity contribution in [2.24, 2.45) is 23.7 Å². The van der Waals surface area contributed by atoms with E-state index in [9.17, 15) is 19.8 Å². The molecule has 1 heterocycles. The molecular formula is C15H24N2O4. The highest BCUT2D eigenvalue weighted by molar-refractivity contribution is 5.78. The SMILES string of the molecule is CC(O)C1CCN(C(=O)NC2C3CCC(C3)C2C(=O)O)C1. The zero-order valence-electron chi connectivity index (χ0n) is 12.4. The third-order valence-corrected chi connectivity index (χ3v) is 5.69. The maximum Gasteiger partial charge on any atom is 0.317 e. The Balaban J connectivity index is 1.61. The van der Waals surface area contributed by atoms with E-state index in [-0.39, 0.29) is 23.9 Å². The van der Waals surface area contributed by atoms with Crippen LogP contribution in [0.15, 0.2) is 0 Å². The van der Waals surface area contributed by atoms with Crippen molar-refractivity contribution in [3.05, 3.63) is 0 Å². The Kier molecular flexibility index (Phi) is 3.82. The Hall–Kier alpha value is -1.30. The lowest BCUT2D eigenvalue weighted by molar-refractivity contribution is -0.144. The molecule has 0 aromatic rings. The van der Waals surface area contributed by atoms with Crippen LogP contribution in [-0.2, 0) is 4.79 Å². The van der Waals surface area contributed by atoms with Gasteiger partial charge >= 0.3 is 12.0 Å². The first-order valence-corrected chi connectivity index (χ1v) is 7.93. The summed E-state index contributed by atoms with van der Waals surface area (Å²) in [5.74, 6) is -0.540. The molecule has 6 nitrogen and oxygen atoms in total. The number of nitrogens with one attached hydrogen (secondary N) is 1. The normalized spacial score (nSPS) is 39.5. The number of aliphatic hydroxyl groups is 1. The number of carboxylic acid groups (broad SMARTS) is 1. The van der Waals surface area contributed by atoms with Crippen LogP contribution >= 0.6 is 0 Å². The van der Waals surface area contributed by atoms with E-state index >= 15 is 0 Å². The molecule has 0 spiro atoms. The van der Waals surface area contributed by atoms with Crippen molar-refractivity contribution in [2.75, 3.05) is 13.1 Å². The summed E-state index contributed by atoms with van der Waals surface area (Å²) in [5.41, 5.74) is 0. The van der Waals surface area contributed by atoms with E-state index in [0.717, 1.165) is 25.7 Å². The number of hydrogen-bond donors (Lipinski definition) is 3. The van der Waals surface area contributed by atoms with Crippen LogP contribution in [0.3, 0.4) is 0 Å². The van der Waals surface area contributed by atoms with Crippen molar-refractivity contribution in [1.29, 1.82) is 0 Å². The minimum Gasteiger partial charge on any atom is -0.481 e. The molecule has 3 N–H and O–H groups in total. The van der Waals surface area contributed by atoms with Gasteiger partial charge in [-0.1, -0.05) is 0 Å². The number of aliphatic carboxylic acids is 1. The monoisotopic (exact) mass is 296 g/mol. The fourth-order valence-corrected chi connectivity index (χ4v) is 4.45. The molecule has 3 aliphatic rings. The second-order valence-corrected chi connectivity index (χ2v) is 6.91. The summed E-state index contributed by atoms with van der Waals surface area (Å²) in [4.78, 5) is 25.5. The van der Waals surface area contributed by atoms with E-state index in [1.54, 1.807) is 11.8 Å². The van der Waals surface area contributed by atoms with Gasteiger partial charge in [0.1, 0.15) is 0 Å². The molecule has 21 heavy (non-hydrogen) atoms. The van der Waals surface area contributed by atoms with Crippen molar-refractivity contribution in [1.82, 2.24) is 10.2 Å². The van der Waals surface area contributed by atoms with Crippen LogP contribution < -0.4 is 5.32 Å². The minimum atomic E-state index is -0.782. The standard InChI is InChI=1S/C15H24N2O4/c1-8(18)11-4-5-17(7-11)15(21)16-13-10-3-2-9(6-10)12(13)14(19)20/h8-13,18H,2-7H2,1H3,(H,16,21)(H,19,20). The number of aliphatic hydroxyl groups excluding tert-OH is 1. The Morgan fingerprint density at radius 3 is 2.57 bits per heavy atom. The first-order chi connectivity index (χ1) is 9.97. The van der Waals surface area contributed by atoms with Gasteiger partial charge in [-0.25, -0.2) is 4.79 Å². The van der Waals surface area contributed by atoms with Gasteiger partial charge in [0.15, 0.2) is 0 Å². The van der Waals surface area contributed by atoms with Gasteiger partial charge in [0.25, 0.3) is 0 Å². The smallest absolute Gasteiger partial charge is 0.317 e. The first-order valence-electron chi connectivity index (χ1n) is 7.93. The second-order valence-electron chi connectivity index (χ2n) is 6.91. The maximum atomic E-state index is 12.4. The number of rotatable bonds is 3. The molecule has 3 fully saturated rings. The van der Waals surface area contributed by atoms with Gasteiger partial charge in [-0.05, 0) is 44.4 Å². The molecule has 6 unspecified atom stereocenters. The van der Waals surface area contributed by atoms with Gasteiger partial charge < -0.3 is 20.4 Å². The molecule has 118 valence electrons. The Bertz CT molecular complexity index is 439. The highest BCUT2D eigenvalue weighted by atomic mass is 16.4. The largest absolute Gasteiger partial charge is 0.481 e. The average Bonchev–Trinajstić information content (AvgIpc) is 3.13. The molecule has 2 bridgehead atoms. The second kappa shape index (κ2) is 5.48. The van der Waals surface area contributed by atoms with Crippen molar-refractivity contribution in [2.45, 2.75) is 44.8 Å². The zero-order valence-corrected chi connectivity index (χ0v) is 12.4. The van der Waals surface area contributed by atoms with Crippen molar-refractivity contribution >= 4 is 12.0 Å². The minimum absolute atomic E-state index is 0.131. The van der Waals surface area contributed by atoms with Crippen LogP contribution in [0.5, 0.6) is 0 Å². The zero-order chi connectivity index (χ0) is 15.1. The number of carbonyl (C=O) groups excluding carboxylic acids is 1.